The van der Waals surface area contributed by atoms with Gasteiger partial charge in [-0.2, -0.15) is 4.98 Å². The fourth-order valence-corrected chi connectivity index (χ4v) is 1.91. The second kappa shape index (κ2) is 5.61. The first kappa shape index (κ1) is 12.5. The van der Waals surface area contributed by atoms with Crippen LogP contribution in [0.3, 0.4) is 0 Å². The highest BCUT2D eigenvalue weighted by Gasteiger charge is 2.02. The molecule has 0 bridgehead atoms. The summed E-state index contributed by atoms with van der Waals surface area (Å²) in [6, 6.07) is 13.7. The zero-order valence-corrected chi connectivity index (χ0v) is 11.3. The zero-order valence-electron chi connectivity index (χ0n) is 11.3. The number of benzene rings is 1. The van der Waals surface area contributed by atoms with Gasteiger partial charge in [0.1, 0.15) is 12.4 Å². The van der Waals surface area contributed by atoms with E-state index in [9.17, 15) is 0 Å². The summed E-state index contributed by atoms with van der Waals surface area (Å²) in [6.45, 7) is 3.26. The molecule has 5 heteroatoms. The Hall–Kier alpha value is -2.56. The van der Waals surface area contributed by atoms with Crippen LogP contribution in [0.5, 0.6) is 5.75 Å². The number of nitrogens with zero attached hydrogens (tertiary/aromatic N) is 3. The molecular weight excluding hydrogens is 252 g/mol. The van der Waals surface area contributed by atoms with E-state index < -0.39 is 0 Å². The molecule has 1 N–H and O–H groups in total. The molecule has 2 aromatic heterocycles. The molecule has 3 rings (SSSR count). The van der Waals surface area contributed by atoms with E-state index in [1.165, 1.54) is 5.56 Å². The van der Waals surface area contributed by atoms with Crippen LogP contribution in [0.1, 0.15) is 5.56 Å². The van der Waals surface area contributed by atoms with E-state index in [4.69, 9.17) is 4.74 Å². The van der Waals surface area contributed by atoms with Crippen LogP contribution in [0.2, 0.25) is 0 Å². The molecule has 0 saturated carbocycles. The number of aryl methyl sites for hydroxylation is 1. The molecule has 0 aliphatic heterocycles. The zero-order chi connectivity index (χ0) is 13.8. The molecule has 0 amide bonds. The van der Waals surface area contributed by atoms with Gasteiger partial charge in [0.25, 0.3) is 0 Å². The largest absolute Gasteiger partial charge is 0.492 e. The number of aromatic nitrogens is 3. The topological polar surface area (TPSA) is 51.5 Å². The van der Waals surface area contributed by atoms with Crippen molar-refractivity contribution in [2.24, 2.45) is 0 Å². The molecule has 0 fully saturated rings. The van der Waals surface area contributed by atoms with Gasteiger partial charge in [0, 0.05) is 6.20 Å². The Kier molecular flexibility index (Phi) is 3.50. The van der Waals surface area contributed by atoms with Crippen molar-refractivity contribution in [2.45, 2.75) is 6.92 Å². The molecule has 0 aliphatic carbocycles. The molecule has 0 unspecified atom stereocenters. The number of ether oxygens (including phenoxy) is 1. The molecule has 0 atom stereocenters. The lowest BCUT2D eigenvalue weighted by Crippen LogP contribution is -2.12. The minimum absolute atomic E-state index is 0.568. The summed E-state index contributed by atoms with van der Waals surface area (Å²) >= 11 is 0. The predicted octanol–water partition coefficient (Wildman–Crippen LogP) is 2.53. The van der Waals surface area contributed by atoms with Crippen LogP contribution in [0.25, 0.3) is 5.65 Å². The van der Waals surface area contributed by atoms with Crippen molar-refractivity contribution in [3.8, 4) is 5.75 Å². The highest BCUT2D eigenvalue weighted by atomic mass is 16.5. The predicted molar refractivity (Wildman–Crippen MR) is 78.2 cm³/mol. The lowest BCUT2D eigenvalue weighted by Gasteiger charge is -2.05. The van der Waals surface area contributed by atoms with Crippen molar-refractivity contribution in [1.82, 2.24) is 14.6 Å². The Labute approximate surface area is 117 Å². The Morgan fingerprint density at radius 2 is 2.05 bits per heavy atom. The van der Waals surface area contributed by atoms with Crippen molar-refractivity contribution in [3.63, 3.8) is 0 Å². The Morgan fingerprint density at radius 3 is 2.90 bits per heavy atom. The van der Waals surface area contributed by atoms with E-state index in [1.807, 2.05) is 55.6 Å². The number of anilines is 1. The van der Waals surface area contributed by atoms with Crippen LogP contribution in [0.4, 0.5) is 5.95 Å². The van der Waals surface area contributed by atoms with E-state index in [0.29, 0.717) is 19.1 Å². The molecule has 2 heterocycles. The molecule has 102 valence electrons. The first-order valence-corrected chi connectivity index (χ1v) is 6.56. The molecule has 0 radical (unpaired) electrons. The van der Waals surface area contributed by atoms with Gasteiger partial charge in [0.05, 0.1) is 6.54 Å². The highest BCUT2D eigenvalue weighted by molar-refractivity contribution is 5.45. The molecule has 5 nitrogen and oxygen atoms in total. The van der Waals surface area contributed by atoms with E-state index in [0.717, 1.165) is 11.4 Å². The number of para-hydroxylation sites is 1. The van der Waals surface area contributed by atoms with Crippen molar-refractivity contribution in [1.29, 1.82) is 0 Å². The normalized spacial score (nSPS) is 10.7. The average Bonchev–Trinajstić information content (AvgIpc) is 2.86. The maximum atomic E-state index is 5.60. The van der Waals surface area contributed by atoms with Crippen LogP contribution < -0.4 is 10.1 Å². The molecular formula is C15H16N4O. The van der Waals surface area contributed by atoms with Crippen molar-refractivity contribution in [3.05, 3.63) is 54.2 Å². The second-order valence-electron chi connectivity index (χ2n) is 4.53. The molecule has 0 spiro atoms. The Morgan fingerprint density at radius 1 is 1.20 bits per heavy atom. The van der Waals surface area contributed by atoms with E-state index in [2.05, 4.69) is 15.4 Å². The smallest absolute Gasteiger partial charge is 0.243 e. The third kappa shape index (κ3) is 2.88. The number of pyridine rings is 1. The average molecular weight is 268 g/mol. The van der Waals surface area contributed by atoms with E-state index in [1.54, 1.807) is 4.52 Å². The summed E-state index contributed by atoms with van der Waals surface area (Å²) in [4.78, 5) is 4.40. The number of hydrogen-bond donors (Lipinski definition) is 1. The summed E-state index contributed by atoms with van der Waals surface area (Å²) in [6.07, 6.45) is 1.91. The SMILES string of the molecule is Cc1ccn2nc(NCCOc3ccccc3)nc2c1. The maximum absolute atomic E-state index is 5.60. The van der Waals surface area contributed by atoms with Gasteiger partial charge in [0.15, 0.2) is 5.65 Å². The van der Waals surface area contributed by atoms with Crippen LogP contribution >= 0.6 is 0 Å². The van der Waals surface area contributed by atoms with Crippen molar-refractivity contribution >= 4 is 11.6 Å². The third-order valence-corrected chi connectivity index (χ3v) is 2.89. The highest BCUT2D eigenvalue weighted by Crippen LogP contribution is 2.09. The van der Waals surface area contributed by atoms with E-state index >= 15 is 0 Å². The summed E-state index contributed by atoms with van der Waals surface area (Å²) in [5.74, 6) is 1.49. The molecule has 0 saturated heterocycles. The van der Waals surface area contributed by atoms with Gasteiger partial charge in [-0.1, -0.05) is 18.2 Å². The minimum Gasteiger partial charge on any atom is -0.492 e. The van der Waals surface area contributed by atoms with Gasteiger partial charge < -0.3 is 10.1 Å². The number of nitrogens with one attached hydrogen (secondary N) is 1. The first-order chi connectivity index (χ1) is 9.81. The van der Waals surface area contributed by atoms with Gasteiger partial charge in [-0.05, 0) is 36.8 Å². The van der Waals surface area contributed by atoms with Crippen LogP contribution in [0, 0.1) is 6.92 Å². The molecule has 3 aromatic rings. The molecule has 20 heavy (non-hydrogen) atoms. The molecule has 1 aromatic carbocycles. The second-order valence-corrected chi connectivity index (χ2v) is 4.53. The van der Waals surface area contributed by atoms with Gasteiger partial charge in [-0.25, -0.2) is 4.52 Å². The number of rotatable bonds is 5. The van der Waals surface area contributed by atoms with Gasteiger partial charge in [-0.3, -0.25) is 0 Å². The van der Waals surface area contributed by atoms with Crippen molar-refractivity contribution < 1.29 is 4.74 Å². The van der Waals surface area contributed by atoms with Gasteiger partial charge in [-0.15, -0.1) is 5.10 Å². The monoisotopic (exact) mass is 268 g/mol. The lowest BCUT2D eigenvalue weighted by atomic mass is 10.3. The Balaban J connectivity index is 1.55. The van der Waals surface area contributed by atoms with Crippen LogP contribution in [-0.2, 0) is 0 Å². The Bertz CT molecular complexity index is 693. The summed E-state index contributed by atoms with van der Waals surface area (Å²) in [5.41, 5.74) is 2.01. The number of hydrogen-bond acceptors (Lipinski definition) is 4. The van der Waals surface area contributed by atoms with Gasteiger partial charge >= 0.3 is 0 Å². The third-order valence-electron chi connectivity index (χ3n) is 2.89. The van der Waals surface area contributed by atoms with Crippen molar-refractivity contribution in [2.75, 3.05) is 18.5 Å². The summed E-state index contributed by atoms with van der Waals surface area (Å²) in [5, 5.41) is 7.49. The quantitative estimate of drug-likeness (QED) is 0.722. The summed E-state index contributed by atoms with van der Waals surface area (Å²) < 4.78 is 7.35. The van der Waals surface area contributed by atoms with E-state index in [-0.39, 0.29) is 0 Å². The summed E-state index contributed by atoms with van der Waals surface area (Å²) in [7, 11) is 0. The van der Waals surface area contributed by atoms with Crippen LogP contribution in [-0.4, -0.2) is 27.7 Å². The standard InChI is InChI=1S/C15H16N4O/c1-12-7-9-19-14(11-12)17-15(18-19)16-8-10-20-13-5-3-2-4-6-13/h2-7,9,11H,8,10H2,1H3,(H,16,18). The fourth-order valence-electron chi connectivity index (χ4n) is 1.91. The minimum atomic E-state index is 0.568. The van der Waals surface area contributed by atoms with Gasteiger partial charge in [0.2, 0.25) is 5.95 Å². The number of fused-ring (bicyclic) bond motifs is 1. The first-order valence-electron chi connectivity index (χ1n) is 6.56. The fraction of sp³-hybridized carbons (Fsp3) is 0.200. The maximum Gasteiger partial charge on any atom is 0.243 e. The van der Waals surface area contributed by atoms with Crippen LogP contribution in [0.15, 0.2) is 48.7 Å². The molecule has 0 aliphatic rings. The lowest BCUT2D eigenvalue weighted by molar-refractivity contribution is 0.332.